The van der Waals surface area contributed by atoms with E-state index in [1.54, 1.807) is 7.11 Å². The average molecular weight is 188 g/mol. The van der Waals surface area contributed by atoms with E-state index in [0.717, 1.165) is 12.8 Å². The Morgan fingerprint density at radius 3 is 2.08 bits per heavy atom. The van der Waals surface area contributed by atoms with Gasteiger partial charge < -0.3 is 9.84 Å². The lowest BCUT2D eigenvalue weighted by Crippen LogP contribution is -2.37. The first kappa shape index (κ1) is 12.9. The topological polar surface area (TPSA) is 29.5 Å². The molecule has 0 fully saturated rings. The van der Waals surface area contributed by atoms with Crippen molar-refractivity contribution in [2.45, 2.75) is 52.7 Å². The smallest absolute Gasteiger partial charge is 0.0855 e. The molecule has 1 N–H and O–H groups in total. The molecule has 0 aromatic carbocycles. The van der Waals surface area contributed by atoms with Crippen molar-refractivity contribution in [1.82, 2.24) is 0 Å². The van der Waals surface area contributed by atoms with Crippen molar-refractivity contribution in [3.05, 3.63) is 0 Å². The van der Waals surface area contributed by atoms with Gasteiger partial charge in [-0.2, -0.15) is 0 Å². The Hall–Kier alpha value is -0.0800. The minimum absolute atomic E-state index is 0.0263. The Morgan fingerprint density at radius 2 is 1.77 bits per heavy atom. The monoisotopic (exact) mass is 188 g/mol. The highest BCUT2D eigenvalue weighted by molar-refractivity contribution is 4.76. The summed E-state index contributed by atoms with van der Waals surface area (Å²) < 4.78 is 5.29. The Bertz CT molecular complexity index is 123. The number of aliphatic hydroxyl groups is 1. The van der Waals surface area contributed by atoms with Gasteiger partial charge in [0.2, 0.25) is 0 Å². The van der Waals surface area contributed by atoms with Crippen LogP contribution in [0.25, 0.3) is 0 Å². The van der Waals surface area contributed by atoms with Crippen LogP contribution in [0.1, 0.15) is 40.5 Å². The van der Waals surface area contributed by atoms with Gasteiger partial charge in [0.25, 0.3) is 0 Å². The van der Waals surface area contributed by atoms with Gasteiger partial charge in [-0.3, -0.25) is 0 Å². The highest BCUT2D eigenvalue weighted by Crippen LogP contribution is 2.20. The maximum atomic E-state index is 9.95. The summed E-state index contributed by atoms with van der Waals surface area (Å²) in [7, 11) is 1.67. The van der Waals surface area contributed by atoms with Gasteiger partial charge in [-0.1, -0.05) is 34.1 Å². The molecule has 0 aromatic heterocycles. The SMILES string of the molecule is CCCC(C)C(O)C(OC)C(C)C. The summed E-state index contributed by atoms with van der Waals surface area (Å²) in [6.07, 6.45) is 1.83. The van der Waals surface area contributed by atoms with E-state index in [1.807, 2.05) is 0 Å². The molecular formula is C11H24O2. The van der Waals surface area contributed by atoms with E-state index < -0.39 is 0 Å². The summed E-state index contributed by atoms with van der Waals surface area (Å²) in [6.45, 7) is 8.38. The maximum Gasteiger partial charge on any atom is 0.0855 e. The normalized spacial score (nSPS) is 18.7. The predicted octanol–water partition coefficient (Wildman–Crippen LogP) is 2.45. The molecule has 2 nitrogen and oxygen atoms in total. The third kappa shape index (κ3) is 4.10. The van der Waals surface area contributed by atoms with Gasteiger partial charge in [0.1, 0.15) is 0 Å². The van der Waals surface area contributed by atoms with E-state index in [9.17, 15) is 5.11 Å². The highest BCUT2D eigenvalue weighted by Gasteiger charge is 2.26. The van der Waals surface area contributed by atoms with Crippen LogP contribution in [0.4, 0.5) is 0 Å². The van der Waals surface area contributed by atoms with Crippen molar-refractivity contribution in [3.63, 3.8) is 0 Å². The predicted molar refractivity (Wildman–Crippen MR) is 55.7 cm³/mol. The quantitative estimate of drug-likeness (QED) is 0.694. The minimum Gasteiger partial charge on any atom is -0.390 e. The second kappa shape index (κ2) is 6.39. The van der Waals surface area contributed by atoms with Crippen LogP contribution < -0.4 is 0 Å². The summed E-state index contributed by atoms with van der Waals surface area (Å²) in [5, 5.41) is 9.95. The van der Waals surface area contributed by atoms with Crippen molar-refractivity contribution < 1.29 is 9.84 Å². The molecule has 0 radical (unpaired) electrons. The molecular weight excluding hydrogens is 164 g/mol. The van der Waals surface area contributed by atoms with E-state index >= 15 is 0 Å². The van der Waals surface area contributed by atoms with Crippen molar-refractivity contribution in [2.24, 2.45) is 11.8 Å². The van der Waals surface area contributed by atoms with E-state index in [-0.39, 0.29) is 12.2 Å². The zero-order chi connectivity index (χ0) is 10.4. The largest absolute Gasteiger partial charge is 0.390 e. The number of aliphatic hydroxyl groups excluding tert-OH is 1. The standard InChI is InChI=1S/C11H24O2/c1-6-7-9(4)10(12)11(13-5)8(2)3/h8-12H,6-7H2,1-5H3. The third-order valence-corrected chi connectivity index (χ3v) is 2.59. The molecule has 0 aliphatic heterocycles. The number of methoxy groups -OCH3 is 1. The molecule has 0 heterocycles. The molecule has 0 spiro atoms. The number of hydrogen-bond acceptors (Lipinski definition) is 2. The molecule has 0 aliphatic rings. The number of hydrogen-bond donors (Lipinski definition) is 1. The van der Waals surface area contributed by atoms with Crippen LogP contribution in [0.3, 0.4) is 0 Å². The molecule has 3 unspecified atom stereocenters. The van der Waals surface area contributed by atoms with Gasteiger partial charge in [-0.15, -0.1) is 0 Å². The van der Waals surface area contributed by atoms with Gasteiger partial charge in [-0.05, 0) is 18.3 Å². The first-order valence-corrected chi connectivity index (χ1v) is 5.25. The molecule has 0 aliphatic carbocycles. The number of ether oxygens (including phenoxy) is 1. The van der Waals surface area contributed by atoms with Gasteiger partial charge in [-0.25, -0.2) is 0 Å². The molecule has 2 heteroatoms. The summed E-state index contributed by atoms with van der Waals surface area (Å²) in [5.74, 6) is 0.705. The zero-order valence-electron chi connectivity index (χ0n) is 9.58. The second-order valence-corrected chi connectivity index (χ2v) is 4.20. The van der Waals surface area contributed by atoms with Crippen LogP contribution in [-0.2, 0) is 4.74 Å². The summed E-state index contributed by atoms with van der Waals surface area (Å²) in [4.78, 5) is 0. The first-order chi connectivity index (χ1) is 6.04. The molecule has 0 amide bonds. The third-order valence-electron chi connectivity index (χ3n) is 2.59. The summed E-state index contributed by atoms with van der Waals surface area (Å²) in [5.41, 5.74) is 0. The molecule has 80 valence electrons. The Balaban J connectivity index is 4.10. The highest BCUT2D eigenvalue weighted by atomic mass is 16.5. The first-order valence-electron chi connectivity index (χ1n) is 5.25. The lowest BCUT2D eigenvalue weighted by molar-refractivity contribution is -0.0619. The van der Waals surface area contributed by atoms with Gasteiger partial charge in [0.15, 0.2) is 0 Å². The average Bonchev–Trinajstić information content (AvgIpc) is 2.05. The van der Waals surface area contributed by atoms with E-state index in [4.69, 9.17) is 4.74 Å². The minimum atomic E-state index is -0.329. The van der Waals surface area contributed by atoms with Crippen LogP contribution in [0, 0.1) is 11.8 Å². The van der Waals surface area contributed by atoms with Gasteiger partial charge >= 0.3 is 0 Å². The fourth-order valence-electron chi connectivity index (χ4n) is 1.76. The van der Waals surface area contributed by atoms with E-state index in [1.165, 1.54) is 0 Å². The van der Waals surface area contributed by atoms with Crippen molar-refractivity contribution in [2.75, 3.05) is 7.11 Å². The fourth-order valence-corrected chi connectivity index (χ4v) is 1.76. The van der Waals surface area contributed by atoms with Crippen LogP contribution in [0.2, 0.25) is 0 Å². The van der Waals surface area contributed by atoms with E-state index in [2.05, 4.69) is 27.7 Å². The Kier molecular flexibility index (Phi) is 6.35. The molecule has 13 heavy (non-hydrogen) atoms. The lowest BCUT2D eigenvalue weighted by Gasteiger charge is -2.29. The van der Waals surface area contributed by atoms with Gasteiger partial charge in [0, 0.05) is 7.11 Å². The molecule has 3 atom stereocenters. The van der Waals surface area contributed by atoms with Crippen molar-refractivity contribution >= 4 is 0 Å². The summed E-state index contributed by atoms with van der Waals surface area (Å²) >= 11 is 0. The zero-order valence-corrected chi connectivity index (χ0v) is 9.58. The van der Waals surface area contributed by atoms with Crippen LogP contribution >= 0.6 is 0 Å². The molecule has 0 saturated heterocycles. The molecule has 0 aromatic rings. The maximum absolute atomic E-state index is 9.95. The van der Waals surface area contributed by atoms with Crippen molar-refractivity contribution in [3.8, 4) is 0 Å². The fraction of sp³-hybridized carbons (Fsp3) is 1.00. The summed E-state index contributed by atoms with van der Waals surface area (Å²) in [6, 6.07) is 0. The lowest BCUT2D eigenvalue weighted by atomic mass is 9.90. The Labute approximate surface area is 82.3 Å². The Morgan fingerprint density at radius 1 is 1.23 bits per heavy atom. The number of rotatable bonds is 6. The second-order valence-electron chi connectivity index (χ2n) is 4.20. The van der Waals surface area contributed by atoms with Crippen LogP contribution in [0.15, 0.2) is 0 Å². The van der Waals surface area contributed by atoms with Gasteiger partial charge in [0.05, 0.1) is 12.2 Å². The van der Waals surface area contributed by atoms with Crippen LogP contribution in [0.5, 0.6) is 0 Å². The van der Waals surface area contributed by atoms with E-state index in [0.29, 0.717) is 11.8 Å². The van der Waals surface area contributed by atoms with Crippen LogP contribution in [-0.4, -0.2) is 24.4 Å². The van der Waals surface area contributed by atoms with Crippen molar-refractivity contribution in [1.29, 1.82) is 0 Å². The molecule has 0 bridgehead atoms. The molecule has 0 saturated carbocycles. The molecule has 0 rings (SSSR count).